The normalized spacial score (nSPS) is 11.0. The van der Waals surface area contributed by atoms with E-state index in [2.05, 4.69) is 29.6 Å². The van der Waals surface area contributed by atoms with Crippen LogP contribution in [-0.2, 0) is 20.7 Å². The Hall–Kier alpha value is -1.95. The first-order chi connectivity index (χ1) is 13.3. The highest BCUT2D eigenvalue weighted by molar-refractivity contribution is 5.85. The number of unbranched alkanes of at least 4 members (excludes halogenated alkanes) is 1. The molecule has 2 aromatic carbocycles. The van der Waals surface area contributed by atoms with Crippen LogP contribution in [0.4, 0.5) is 0 Å². The standard InChI is InChI=1S/C22H32N2O3/c23-11-5-15-26-13-3-4-14-27-16-6-12-24-22(25)18-19-9-10-20-7-1-2-8-21(20)17-19/h1-2,7-10,17H,3-6,11-16,18,23H2,(H,24,25). The third-order valence-corrected chi connectivity index (χ3v) is 4.29. The minimum absolute atomic E-state index is 0.0555. The molecule has 0 saturated carbocycles. The van der Waals surface area contributed by atoms with E-state index in [4.69, 9.17) is 15.2 Å². The quantitative estimate of drug-likeness (QED) is 0.500. The molecule has 5 nitrogen and oxygen atoms in total. The number of benzene rings is 2. The highest BCUT2D eigenvalue weighted by Crippen LogP contribution is 2.15. The first-order valence-electron chi connectivity index (χ1n) is 9.89. The molecule has 0 spiro atoms. The van der Waals surface area contributed by atoms with Gasteiger partial charge in [0.25, 0.3) is 0 Å². The van der Waals surface area contributed by atoms with E-state index in [0.717, 1.165) is 51.1 Å². The lowest BCUT2D eigenvalue weighted by Crippen LogP contribution is -2.26. The lowest BCUT2D eigenvalue weighted by atomic mass is 10.0. The zero-order chi connectivity index (χ0) is 19.2. The number of amides is 1. The summed E-state index contributed by atoms with van der Waals surface area (Å²) in [6.45, 7) is 4.26. The molecular weight excluding hydrogens is 340 g/mol. The van der Waals surface area contributed by atoms with E-state index < -0.39 is 0 Å². The van der Waals surface area contributed by atoms with Gasteiger partial charge < -0.3 is 20.5 Å². The summed E-state index contributed by atoms with van der Waals surface area (Å²) in [5.41, 5.74) is 6.44. The Morgan fingerprint density at radius 1 is 0.852 bits per heavy atom. The molecule has 148 valence electrons. The molecule has 0 fully saturated rings. The van der Waals surface area contributed by atoms with Gasteiger partial charge in [0, 0.05) is 33.0 Å². The Kier molecular flexibility index (Phi) is 10.5. The monoisotopic (exact) mass is 372 g/mol. The van der Waals surface area contributed by atoms with Gasteiger partial charge in [0.05, 0.1) is 6.42 Å². The van der Waals surface area contributed by atoms with Crippen molar-refractivity contribution in [2.75, 3.05) is 39.5 Å². The summed E-state index contributed by atoms with van der Waals surface area (Å²) in [5, 5.41) is 5.32. The molecule has 1 amide bonds. The van der Waals surface area contributed by atoms with Gasteiger partial charge in [-0.15, -0.1) is 0 Å². The maximum absolute atomic E-state index is 12.1. The number of hydrogen-bond donors (Lipinski definition) is 2. The largest absolute Gasteiger partial charge is 0.381 e. The molecule has 0 unspecified atom stereocenters. The van der Waals surface area contributed by atoms with Crippen LogP contribution in [0.5, 0.6) is 0 Å². The van der Waals surface area contributed by atoms with Crippen LogP contribution in [0.1, 0.15) is 31.2 Å². The maximum atomic E-state index is 12.1. The van der Waals surface area contributed by atoms with Gasteiger partial charge in [0.2, 0.25) is 5.91 Å². The van der Waals surface area contributed by atoms with Crippen LogP contribution in [0.2, 0.25) is 0 Å². The van der Waals surface area contributed by atoms with E-state index in [1.54, 1.807) is 0 Å². The molecule has 3 N–H and O–H groups in total. The topological polar surface area (TPSA) is 73.6 Å². The summed E-state index contributed by atoms with van der Waals surface area (Å²) in [6, 6.07) is 14.3. The molecule has 0 radical (unpaired) electrons. The molecule has 0 aromatic heterocycles. The van der Waals surface area contributed by atoms with Gasteiger partial charge in [-0.25, -0.2) is 0 Å². The zero-order valence-corrected chi connectivity index (χ0v) is 16.1. The Labute approximate surface area is 162 Å². The molecule has 0 aliphatic rings. The van der Waals surface area contributed by atoms with Gasteiger partial charge in [0.15, 0.2) is 0 Å². The van der Waals surface area contributed by atoms with Crippen LogP contribution in [-0.4, -0.2) is 45.4 Å². The van der Waals surface area contributed by atoms with E-state index in [-0.39, 0.29) is 5.91 Å². The minimum Gasteiger partial charge on any atom is -0.381 e. The van der Waals surface area contributed by atoms with Crippen molar-refractivity contribution in [2.24, 2.45) is 5.73 Å². The van der Waals surface area contributed by atoms with Crippen molar-refractivity contribution in [1.29, 1.82) is 0 Å². The van der Waals surface area contributed by atoms with Crippen LogP contribution in [0.25, 0.3) is 10.8 Å². The Morgan fingerprint density at radius 2 is 1.52 bits per heavy atom. The fraction of sp³-hybridized carbons (Fsp3) is 0.500. The van der Waals surface area contributed by atoms with Gasteiger partial charge >= 0.3 is 0 Å². The molecular formula is C22H32N2O3. The fourth-order valence-corrected chi connectivity index (χ4v) is 2.80. The molecule has 2 rings (SSSR count). The lowest BCUT2D eigenvalue weighted by molar-refractivity contribution is -0.120. The van der Waals surface area contributed by atoms with Gasteiger partial charge in [-0.05, 0) is 48.6 Å². The molecule has 0 heterocycles. The molecule has 0 aliphatic heterocycles. The van der Waals surface area contributed by atoms with Crippen LogP contribution in [0, 0.1) is 0 Å². The zero-order valence-electron chi connectivity index (χ0n) is 16.1. The summed E-state index contributed by atoms with van der Waals surface area (Å²) < 4.78 is 11.0. The average molecular weight is 373 g/mol. The molecule has 27 heavy (non-hydrogen) atoms. The van der Waals surface area contributed by atoms with Gasteiger partial charge in [-0.2, -0.15) is 0 Å². The third kappa shape index (κ3) is 9.00. The molecule has 0 saturated heterocycles. The van der Waals surface area contributed by atoms with Crippen molar-refractivity contribution in [3.63, 3.8) is 0 Å². The Morgan fingerprint density at radius 3 is 2.26 bits per heavy atom. The van der Waals surface area contributed by atoms with E-state index in [1.165, 1.54) is 10.8 Å². The number of fused-ring (bicyclic) bond motifs is 1. The second kappa shape index (κ2) is 13.3. The summed E-state index contributed by atoms with van der Waals surface area (Å²) in [4.78, 5) is 12.1. The first-order valence-corrected chi connectivity index (χ1v) is 9.89. The van der Waals surface area contributed by atoms with Crippen LogP contribution >= 0.6 is 0 Å². The number of hydrogen-bond acceptors (Lipinski definition) is 4. The van der Waals surface area contributed by atoms with E-state index in [0.29, 0.717) is 26.1 Å². The lowest BCUT2D eigenvalue weighted by Gasteiger charge is -2.07. The summed E-state index contributed by atoms with van der Waals surface area (Å²) in [6.07, 6.45) is 4.17. The minimum atomic E-state index is 0.0555. The summed E-state index contributed by atoms with van der Waals surface area (Å²) in [7, 11) is 0. The van der Waals surface area contributed by atoms with Crippen molar-refractivity contribution < 1.29 is 14.3 Å². The summed E-state index contributed by atoms with van der Waals surface area (Å²) in [5.74, 6) is 0.0555. The predicted molar refractivity (Wildman–Crippen MR) is 110 cm³/mol. The molecule has 0 aliphatic carbocycles. The SMILES string of the molecule is NCCCOCCCCOCCCNC(=O)Cc1ccc2ccccc2c1. The number of rotatable bonds is 14. The van der Waals surface area contributed by atoms with Gasteiger partial charge in [0.1, 0.15) is 0 Å². The Balaban J connectivity index is 1.47. The second-order valence-corrected chi connectivity index (χ2v) is 6.64. The van der Waals surface area contributed by atoms with Crippen molar-refractivity contribution in [3.8, 4) is 0 Å². The smallest absolute Gasteiger partial charge is 0.224 e. The maximum Gasteiger partial charge on any atom is 0.224 e. The molecule has 0 atom stereocenters. The molecule has 5 heteroatoms. The van der Waals surface area contributed by atoms with Gasteiger partial charge in [-0.1, -0.05) is 42.5 Å². The first kappa shape index (κ1) is 21.4. The van der Waals surface area contributed by atoms with Crippen molar-refractivity contribution in [3.05, 3.63) is 48.0 Å². The number of ether oxygens (including phenoxy) is 2. The number of nitrogens with one attached hydrogen (secondary N) is 1. The van der Waals surface area contributed by atoms with Crippen molar-refractivity contribution in [1.82, 2.24) is 5.32 Å². The van der Waals surface area contributed by atoms with Gasteiger partial charge in [-0.3, -0.25) is 4.79 Å². The van der Waals surface area contributed by atoms with Crippen molar-refractivity contribution >= 4 is 16.7 Å². The predicted octanol–water partition coefficient (Wildman–Crippen LogP) is 3.05. The number of nitrogens with two attached hydrogens (primary N) is 1. The Bertz CT molecular complexity index is 675. The van der Waals surface area contributed by atoms with Crippen LogP contribution in [0.15, 0.2) is 42.5 Å². The van der Waals surface area contributed by atoms with Crippen molar-refractivity contribution in [2.45, 2.75) is 32.1 Å². The third-order valence-electron chi connectivity index (χ3n) is 4.29. The van der Waals surface area contributed by atoms with E-state index in [1.807, 2.05) is 18.2 Å². The van der Waals surface area contributed by atoms with E-state index >= 15 is 0 Å². The molecule has 2 aromatic rings. The highest BCUT2D eigenvalue weighted by atomic mass is 16.5. The second-order valence-electron chi connectivity index (χ2n) is 6.64. The number of carbonyl (C=O) groups excluding carboxylic acids is 1. The van der Waals surface area contributed by atoms with Crippen LogP contribution in [0.3, 0.4) is 0 Å². The molecule has 0 bridgehead atoms. The van der Waals surface area contributed by atoms with E-state index in [9.17, 15) is 4.79 Å². The van der Waals surface area contributed by atoms with Crippen LogP contribution < -0.4 is 11.1 Å². The fourth-order valence-electron chi connectivity index (χ4n) is 2.80. The highest BCUT2D eigenvalue weighted by Gasteiger charge is 2.04. The number of carbonyl (C=O) groups is 1. The average Bonchev–Trinajstić information content (AvgIpc) is 2.68. The summed E-state index contributed by atoms with van der Waals surface area (Å²) >= 11 is 0.